The van der Waals surface area contributed by atoms with Crippen LogP contribution in [0.5, 0.6) is 0 Å². The third-order valence-corrected chi connectivity index (χ3v) is 4.25. The topological polar surface area (TPSA) is 58.2 Å². The highest BCUT2D eigenvalue weighted by molar-refractivity contribution is 6.31. The van der Waals surface area contributed by atoms with Crippen LogP contribution in [0.1, 0.15) is 26.3 Å². The van der Waals surface area contributed by atoms with Crippen LogP contribution in [0.25, 0.3) is 0 Å². The number of hydrogen-bond acceptors (Lipinski definition) is 2. The van der Waals surface area contributed by atoms with E-state index in [0.29, 0.717) is 11.4 Å². The lowest BCUT2D eigenvalue weighted by Gasteiger charge is -2.23. The molecule has 0 aliphatic rings. The van der Waals surface area contributed by atoms with Gasteiger partial charge in [-0.25, -0.2) is 4.39 Å². The molecule has 0 aliphatic carbocycles. The van der Waals surface area contributed by atoms with Gasteiger partial charge in [0.25, 0.3) is 0 Å². The molecule has 0 radical (unpaired) electrons. The summed E-state index contributed by atoms with van der Waals surface area (Å²) in [4.78, 5) is 25.1. The number of carbonyl (C=O) groups excluding carboxylic acids is 2. The Morgan fingerprint density at radius 2 is 1.72 bits per heavy atom. The van der Waals surface area contributed by atoms with Gasteiger partial charge in [-0.1, -0.05) is 36.7 Å². The van der Waals surface area contributed by atoms with Crippen LogP contribution < -0.4 is 10.6 Å². The number of carbonyl (C=O) groups is 2. The third-order valence-electron chi connectivity index (χ3n) is 3.96. The van der Waals surface area contributed by atoms with Crippen molar-refractivity contribution in [2.75, 3.05) is 10.6 Å². The predicted octanol–water partition coefficient (Wildman–Crippen LogP) is 4.64. The first-order chi connectivity index (χ1) is 11.8. The summed E-state index contributed by atoms with van der Waals surface area (Å²) in [6.45, 7) is 5.04. The quantitative estimate of drug-likeness (QED) is 0.761. The Balaban J connectivity index is 2.14. The van der Waals surface area contributed by atoms with Crippen molar-refractivity contribution in [1.82, 2.24) is 0 Å². The Hall–Kier alpha value is -2.40. The van der Waals surface area contributed by atoms with E-state index in [1.807, 2.05) is 25.1 Å². The average molecular weight is 363 g/mol. The van der Waals surface area contributed by atoms with E-state index in [1.165, 1.54) is 26.0 Å². The van der Waals surface area contributed by atoms with Gasteiger partial charge in [0.2, 0.25) is 11.8 Å². The molecule has 6 heteroatoms. The van der Waals surface area contributed by atoms with Crippen LogP contribution in [0.4, 0.5) is 15.8 Å². The van der Waals surface area contributed by atoms with Gasteiger partial charge in [-0.3, -0.25) is 9.59 Å². The minimum atomic E-state index is -1.33. The van der Waals surface area contributed by atoms with Crippen LogP contribution in [-0.2, 0) is 16.0 Å². The first kappa shape index (κ1) is 18.9. The third kappa shape index (κ3) is 4.37. The first-order valence-electron chi connectivity index (χ1n) is 7.91. The van der Waals surface area contributed by atoms with E-state index in [9.17, 15) is 14.0 Å². The maximum absolute atomic E-state index is 13.2. The van der Waals surface area contributed by atoms with Gasteiger partial charge in [0.05, 0.1) is 5.02 Å². The van der Waals surface area contributed by atoms with Crippen LogP contribution >= 0.6 is 11.6 Å². The number of anilines is 2. The van der Waals surface area contributed by atoms with Crippen molar-refractivity contribution in [3.05, 3.63) is 58.9 Å². The molecule has 2 N–H and O–H groups in total. The van der Waals surface area contributed by atoms with E-state index in [1.54, 1.807) is 6.07 Å². The number of nitrogens with one attached hydrogen (secondary N) is 2. The summed E-state index contributed by atoms with van der Waals surface area (Å²) in [6.07, 6.45) is 0.761. The van der Waals surface area contributed by atoms with Crippen molar-refractivity contribution in [1.29, 1.82) is 0 Å². The lowest BCUT2D eigenvalue weighted by atomic mass is 9.90. The lowest BCUT2D eigenvalue weighted by molar-refractivity contribution is -0.135. The minimum absolute atomic E-state index is 0.100. The fourth-order valence-corrected chi connectivity index (χ4v) is 2.37. The number of halogens is 2. The molecule has 25 heavy (non-hydrogen) atoms. The molecule has 2 aromatic rings. The number of hydrogen-bond donors (Lipinski definition) is 2. The number of para-hydroxylation sites is 1. The standard InChI is InChI=1S/C19H20ClFN2O2/c1-4-12-7-5-6-8-16(12)23-18(25)19(2,3)17(24)22-13-9-10-15(21)14(20)11-13/h5-11H,4H2,1-3H3,(H,22,24)(H,23,25). The minimum Gasteiger partial charge on any atom is -0.325 e. The highest BCUT2D eigenvalue weighted by atomic mass is 35.5. The molecule has 0 saturated carbocycles. The van der Waals surface area contributed by atoms with Gasteiger partial charge in [-0.05, 0) is 50.1 Å². The predicted molar refractivity (Wildman–Crippen MR) is 98.3 cm³/mol. The van der Waals surface area contributed by atoms with E-state index >= 15 is 0 Å². The summed E-state index contributed by atoms with van der Waals surface area (Å²) >= 11 is 5.71. The molecule has 132 valence electrons. The van der Waals surface area contributed by atoms with Crippen molar-refractivity contribution < 1.29 is 14.0 Å². The summed E-state index contributed by atoms with van der Waals surface area (Å²) in [5.74, 6) is -1.52. The second-order valence-electron chi connectivity index (χ2n) is 6.17. The molecule has 0 spiro atoms. The zero-order chi connectivity index (χ0) is 18.6. The highest BCUT2D eigenvalue weighted by Gasteiger charge is 2.36. The van der Waals surface area contributed by atoms with Crippen molar-refractivity contribution in [3.8, 4) is 0 Å². The van der Waals surface area contributed by atoms with E-state index in [0.717, 1.165) is 18.1 Å². The highest BCUT2D eigenvalue weighted by Crippen LogP contribution is 2.25. The number of aryl methyl sites for hydroxylation is 1. The van der Waals surface area contributed by atoms with Crippen molar-refractivity contribution in [2.24, 2.45) is 5.41 Å². The fourth-order valence-electron chi connectivity index (χ4n) is 2.19. The monoisotopic (exact) mass is 362 g/mol. The molecule has 0 unspecified atom stereocenters. The molecular formula is C19H20ClFN2O2. The van der Waals surface area contributed by atoms with Crippen molar-refractivity contribution >= 4 is 34.8 Å². The van der Waals surface area contributed by atoms with E-state index in [4.69, 9.17) is 11.6 Å². The summed E-state index contributed by atoms with van der Waals surface area (Å²) in [7, 11) is 0. The second kappa shape index (κ2) is 7.66. The molecule has 2 aromatic carbocycles. The molecule has 2 amide bonds. The summed E-state index contributed by atoms with van der Waals surface area (Å²) in [5, 5.41) is 5.30. The maximum Gasteiger partial charge on any atom is 0.239 e. The second-order valence-corrected chi connectivity index (χ2v) is 6.58. The Labute approximate surface area is 151 Å². The van der Waals surface area contributed by atoms with Crippen LogP contribution in [0.3, 0.4) is 0 Å². The Bertz CT molecular complexity index is 806. The molecule has 0 aromatic heterocycles. The van der Waals surface area contributed by atoms with Crippen LogP contribution in [0.2, 0.25) is 5.02 Å². The van der Waals surface area contributed by atoms with Gasteiger partial charge in [-0.2, -0.15) is 0 Å². The maximum atomic E-state index is 13.2. The van der Waals surface area contributed by atoms with E-state index < -0.39 is 23.0 Å². The summed E-state index contributed by atoms with van der Waals surface area (Å²) in [6, 6.07) is 11.3. The Morgan fingerprint density at radius 3 is 2.36 bits per heavy atom. The van der Waals surface area contributed by atoms with Crippen molar-refractivity contribution in [3.63, 3.8) is 0 Å². The fraction of sp³-hybridized carbons (Fsp3) is 0.263. The molecule has 0 heterocycles. The number of benzene rings is 2. The van der Waals surface area contributed by atoms with E-state index in [2.05, 4.69) is 10.6 Å². The largest absolute Gasteiger partial charge is 0.325 e. The molecule has 0 atom stereocenters. The first-order valence-corrected chi connectivity index (χ1v) is 8.29. The average Bonchev–Trinajstić information content (AvgIpc) is 2.58. The Kier molecular flexibility index (Phi) is 5.80. The van der Waals surface area contributed by atoms with Crippen molar-refractivity contribution in [2.45, 2.75) is 27.2 Å². The molecular weight excluding hydrogens is 343 g/mol. The van der Waals surface area contributed by atoms with E-state index in [-0.39, 0.29) is 5.02 Å². The van der Waals surface area contributed by atoms with Crippen LogP contribution in [-0.4, -0.2) is 11.8 Å². The van der Waals surface area contributed by atoms with Gasteiger partial charge in [-0.15, -0.1) is 0 Å². The smallest absolute Gasteiger partial charge is 0.239 e. The van der Waals surface area contributed by atoms with Gasteiger partial charge < -0.3 is 10.6 Å². The number of rotatable bonds is 5. The zero-order valence-corrected chi connectivity index (χ0v) is 15.1. The normalized spacial score (nSPS) is 11.1. The molecule has 0 bridgehead atoms. The molecule has 0 fully saturated rings. The SMILES string of the molecule is CCc1ccccc1NC(=O)C(C)(C)C(=O)Nc1ccc(F)c(Cl)c1. The molecule has 4 nitrogen and oxygen atoms in total. The van der Waals surface area contributed by atoms with Crippen LogP contribution in [0.15, 0.2) is 42.5 Å². The zero-order valence-electron chi connectivity index (χ0n) is 14.3. The molecule has 0 aliphatic heterocycles. The van der Waals surface area contributed by atoms with Gasteiger partial charge in [0.15, 0.2) is 0 Å². The Morgan fingerprint density at radius 1 is 1.08 bits per heavy atom. The van der Waals surface area contributed by atoms with Gasteiger partial charge >= 0.3 is 0 Å². The van der Waals surface area contributed by atoms with Crippen LogP contribution in [0, 0.1) is 11.2 Å². The molecule has 0 saturated heterocycles. The number of amides is 2. The lowest BCUT2D eigenvalue weighted by Crippen LogP contribution is -2.41. The summed E-state index contributed by atoms with van der Waals surface area (Å²) < 4.78 is 13.2. The van der Waals surface area contributed by atoms with Gasteiger partial charge in [0, 0.05) is 11.4 Å². The summed E-state index contributed by atoms with van der Waals surface area (Å²) in [5.41, 5.74) is 0.658. The van der Waals surface area contributed by atoms with Gasteiger partial charge in [0.1, 0.15) is 11.2 Å². The molecule has 2 rings (SSSR count).